The first-order valence-electron chi connectivity index (χ1n) is 9.01. The molecule has 0 aliphatic rings. The molecule has 0 unspecified atom stereocenters. The number of hydrogen-bond donors (Lipinski definition) is 2. The van der Waals surface area contributed by atoms with Crippen molar-refractivity contribution in [3.8, 4) is 0 Å². The Labute approximate surface area is 173 Å². The first-order valence-corrected chi connectivity index (χ1v) is 9.39. The van der Waals surface area contributed by atoms with Crippen LogP contribution < -0.4 is 16.2 Å². The highest BCUT2D eigenvalue weighted by atomic mass is 35.5. The molecule has 0 spiro atoms. The first kappa shape index (κ1) is 20.4. The number of rotatable bonds is 6. The van der Waals surface area contributed by atoms with Crippen LogP contribution in [0, 0.1) is 6.92 Å². The zero-order chi connectivity index (χ0) is 20.8. The second-order valence-electron chi connectivity index (χ2n) is 6.57. The van der Waals surface area contributed by atoms with Crippen molar-refractivity contribution >= 4 is 29.1 Å². The van der Waals surface area contributed by atoms with E-state index in [9.17, 15) is 14.4 Å². The van der Waals surface area contributed by atoms with Crippen LogP contribution in [0.15, 0.2) is 71.7 Å². The Kier molecular flexibility index (Phi) is 6.46. The zero-order valence-electron chi connectivity index (χ0n) is 15.8. The highest BCUT2D eigenvalue weighted by Gasteiger charge is 2.09. The average Bonchev–Trinajstić information content (AvgIpc) is 2.70. The van der Waals surface area contributed by atoms with Gasteiger partial charge in [0.25, 0.3) is 11.5 Å². The number of nitrogens with zero attached hydrogens (tertiary/aromatic N) is 1. The summed E-state index contributed by atoms with van der Waals surface area (Å²) >= 11 is 6.09. The van der Waals surface area contributed by atoms with Crippen molar-refractivity contribution in [1.82, 2.24) is 9.88 Å². The Morgan fingerprint density at radius 2 is 1.72 bits per heavy atom. The maximum Gasteiger partial charge on any atom is 0.251 e. The van der Waals surface area contributed by atoms with Gasteiger partial charge in [0.2, 0.25) is 5.91 Å². The maximum atomic E-state index is 12.3. The maximum absolute atomic E-state index is 12.3. The molecule has 2 N–H and O–H groups in total. The summed E-state index contributed by atoms with van der Waals surface area (Å²) in [5, 5.41) is 6.13. The van der Waals surface area contributed by atoms with Gasteiger partial charge in [0.05, 0.1) is 0 Å². The van der Waals surface area contributed by atoms with E-state index in [1.54, 1.807) is 42.6 Å². The molecule has 0 fully saturated rings. The molecule has 0 atom stereocenters. The van der Waals surface area contributed by atoms with Gasteiger partial charge < -0.3 is 15.2 Å². The van der Waals surface area contributed by atoms with Crippen LogP contribution >= 0.6 is 11.6 Å². The van der Waals surface area contributed by atoms with Gasteiger partial charge in [-0.3, -0.25) is 14.4 Å². The number of pyridine rings is 1. The second kappa shape index (κ2) is 9.21. The predicted octanol–water partition coefficient (Wildman–Crippen LogP) is 3.38. The third-order valence-corrected chi connectivity index (χ3v) is 4.64. The van der Waals surface area contributed by atoms with Crippen molar-refractivity contribution in [2.45, 2.75) is 20.0 Å². The molecule has 0 aliphatic carbocycles. The van der Waals surface area contributed by atoms with Gasteiger partial charge in [-0.05, 0) is 48.4 Å². The molecule has 0 aliphatic heterocycles. The minimum Gasteiger partial charge on any atom is -0.348 e. The fraction of sp³-hybridized carbons (Fsp3) is 0.136. The van der Waals surface area contributed by atoms with Crippen LogP contribution in [0.25, 0.3) is 0 Å². The standard InChI is InChI=1S/C22H20ClN3O3/c1-15-6-11-21(28)26(13-15)14-20(27)25-18-9-7-16(8-10-18)22(29)24-12-17-4-2-3-5-19(17)23/h2-11,13H,12,14H2,1H3,(H,24,29)(H,25,27). The van der Waals surface area contributed by atoms with Gasteiger partial charge in [0.1, 0.15) is 6.54 Å². The van der Waals surface area contributed by atoms with Crippen LogP contribution in [-0.2, 0) is 17.9 Å². The fourth-order valence-electron chi connectivity index (χ4n) is 2.75. The molecule has 3 rings (SSSR count). The van der Waals surface area contributed by atoms with Crippen molar-refractivity contribution in [2.75, 3.05) is 5.32 Å². The number of nitrogens with one attached hydrogen (secondary N) is 2. The summed E-state index contributed by atoms with van der Waals surface area (Å²) in [6.07, 6.45) is 1.63. The van der Waals surface area contributed by atoms with Gasteiger partial charge in [-0.25, -0.2) is 0 Å². The van der Waals surface area contributed by atoms with E-state index < -0.39 is 0 Å². The number of benzene rings is 2. The highest BCUT2D eigenvalue weighted by molar-refractivity contribution is 6.31. The lowest BCUT2D eigenvalue weighted by Crippen LogP contribution is -2.27. The highest BCUT2D eigenvalue weighted by Crippen LogP contribution is 2.15. The van der Waals surface area contributed by atoms with Crippen molar-refractivity contribution in [3.63, 3.8) is 0 Å². The van der Waals surface area contributed by atoms with Gasteiger partial charge in [0, 0.05) is 35.1 Å². The summed E-state index contributed by atoms with van der Waals surface area (Å²) in [5.74, 6) is -0.567. The largest absolute Gasteiger partial charge is 0.348 e. The van der Waals surface area contributed by atoms with E-state index in [-0.39, 0.29) is 23.9 Å². The third-order valence-electron chi connectivity index (χ3n) is 4.27. The summed E-state index contributed by atoms with van der Waals surface area (Å²) in [4.78, 5) is 36.3. The van der Waals surface area contributed by atoms with Gasteiger partial charge in [-0.15, -0.1) is 0 Å². The Bertz CT molecular complexity index is 1090. The number of hydrogen-bond acceptors (Lipinski definition) is 3. The summed E-state index contributed by atoms with van der Waals surface area (Å²) in [7, 11) is 0. The lowest BCUT2D eigenvalue weighted by molar-refractivity contribution is -0.116. The smallest absolute Gasteiger partial charge is 0.251 e. The molecule has 3 aromatic rings. The minimum absolute atomic E-state index is 0.0828. The van der Waals surface area contributed by atoms with E-state index in [2.05, 4.69) is 10.6 Å². The Hall–Kier alpha value is -3.38. The Morgan fingerprint density at radius 3 is 2.45 bits per heavy atom. The molecule has 0 radical (unpaired) electrons. The van der Waals surface area contributed by atoms with E-state index in [4.69, 9.17) is 11.6 Å². The second-order valence-corrected chi connectivity index (χ2v) is 6.98. The molecular formula is C22H20ClN3O3. The number of aromatic nitrogens is 1. The van der Waals surface area contributed by atoms with Crippen molar-refractivity contribution in [3.05, 3.63) is 98.9 Å². The lowest BCUT2D eigenvalue weighted by atomic mass is 10.1. The average molecular weight is 410 g/mol. The SMILES string of the molecule is Cc1ccc(=O)n(CC(=O)Nc2ccc(C(=O)NCc3ccccc3Cl)cc2)c1. The van der Waals surface area contributed by atoms with Crippen molar-refractivity contribution in [1.29, 1.82) is 0 Å². The predicted molar refractivity (Wildman–Crippen MR) is 113 cm³/mol. The quantitative estimate of drug-likeness (QED) is 0.655. The van der Waals surface area contributed by atoms with E-state index in [0.717, 1.165) is 11.1 Å². The van der Waals surface area contributed by atoms with Gasteiger partial charge in [0.15, 0.2) is 0 Å². The van der Waals surface area contributed by atoms with Crippen LogP contribution in [-0.4, -0.2) is 16.4 Å². The Morgan fingerprint density at radius 1 is 1.00 bits per heavy atom. The number of anilines is 1. The first-order chi connectivity index (χ1) is 13.9. The summed E-state index contributed by atoms with van der Waals surface area (Å²) < 4.78 is 1.35. The molecular weight excluding hydrogens is 390 g/mol. The summed E-state index contributed by atoms with van der Waals surface area (Å²) in [6, 6.07) is 17.0. The van der Waals surface area contributed by atoms with Crippen LogP contribution in [0.5, 0.6) is 0 Å². The molecule has 0 saturated heterocycles. The van der Waals surface area contributed by atoms with E-state index in [1.165, 1.54) is 10.6 Å². The van der Waals surface area contributed by atoms with Crippen molar-refractivity contribution < 1.29 is 9.59 Å². The molecule has 1 heterocycles. The van der Waals surface area contributed by atoms with Gasteiger partial charge >= 0.3 is 0 Å². The number of carbonyl (C=O) groups is 2. The number of carbonyl (C=O) groups excluding carboxylic acids is 2. The van der Waals surface area contributed by atoms with Crippen LogP contribution in [0.3, 0.4) is 0 Å². The summed E-state index contributed by atoms with van der Waals surface area (Å²) in [5.41, 5.74) is 2.49. The van der Waals surface area contributed by atoms with E-state index >= 15 is 0 Å². The van der Waals surface area contributed by atoms with Crippen LogP contribution in [0.4, 0.5) is 5.69 Å². The number of halogens is 1. The normalized spacial score (nSPS) is 10.4. The monoisotopic (exact) mass is 409 g/mol. The number of amides is 2. The number of aryl methyl sites for hydroxylation is 1. The van der Waals surface area contributed by atoms with Gasteiger partial charge in [-0.1, -0.05) is 35.9 Å². The Balaban J connectivity index is 1.57. The lowest BCUT2D eigenvalue weighted by Gasteiger charge is -2.09. The fourth-order valence-corrected chi connectivity index (χ4v) is 2.96. The topological polar surface area (TPSA) is 80.2 Å². The molecule has 1 aromatic heterocycles. The van der Waals surface area contributed by atoms with E-state index in [0.29, 0.717) is 22.8 Å². The summed E-state index contributed by atoms with van der Waals surface area (Å²) in [6.45, 7) is 2.09. The molecule has 2 aromatic carbocycles. The van der Waals surface area contributed by atoms with Crippen LogP contribution in [0.1, 0.15) is 21.5 Å². The molecule has 29 heavy (non-hydrogen) atoms. The van der Waals surface area contributed by atoms with Crippen LogP contribution in [0.2, 0.25) is 5.02 Å². The molecule has 6 nitrogen and oxygen atoms in total. The van der Waals surface area contributed by atoms with Crippen molar-refractivity contribution in [2.24, 2.45) is 0 Å². The molecule has 0 saturated carbocycles. The van der Waals surface area contributed by atoms with E-state index in [1.807, 2.05) is 25.1 Å². The molecule has 0 bridgehead atoms. The molecule has 2 amide bonds. The third kappa shape index (κ3) is 5.56. The molecule has 7 heteroatoms. The zero-order valence-corrected chi connectivity index (χ0v) is 16.6. The molecule has 148 valence electrons. The minimum atomic E-state index is -0.325. The van der Waals surface area contributed by atoms with Gasteiger partial charge in [-0.2, -0.15) is 0 Å².